The van der Waals surface area contributed by atoms with Crippen LogP contribution in [0, 0.1) is 0 Å². The van der Waals surface area contributed by atoms with Gasteiger partial charge in [0.2, 0.25) is 10.5 Å². The Labute approximate surface area is 228 Å². The van der Waals surface area contributed by atoms with Crippen molar-refractivity contribution in [2.45, 2.75) is 43.9 Å². The molecule has 0 saturated carbocycles. The van der Waals surface area contributed by atoms with E-state index in [1.807, 2.05) is 23.5 Å². The van der Waals surface area contributed by atoms with Gasteiger partial charge in [-0.1, -0.05) is 29.2 Å². The number of methoxy groups -OCH3 is 2. The Morgan fingerprint density at radius 2 is 1.78 bits per heavy atom. The minimum Gasteiger partial charge on any atom is -0.497 e. The fraction of sp³-hybridized carbons (Fsp3) is 0.367. The predicted molar refractivity (Wildman–Crippen MR) is 154 cm³/mol. The van der Waals surface area contributed by atoms with Crippen LogP contribution in [0.5, 0.6) is 11.5 Å². The standard InChI is InChI=1S/C30H35N2O3S2/c1-6-35-30-20(10-16-28-31(2)24-14-12-22(33-4)18-26(24)36-28)8-7-9-21(30)11-17-29-32(3)25-15-13-23(34-5)19-27(25)37-29/h10,12-16,18-19H,6-9,11,17H2,1-5H3/q+1/b20-10+,28-16-. The first-order valence-electron chi connectivity index (χ1n) is 12.8. The van der Waals surface area contributed by atoms with Gasteiger partial charge in [-0.05, 0) is 74.1 Å². The maximum atomic E-state index is 6.28. The molecule has 2 heterocycles. The Morgan fingerprint density at radius 3 is 2.57 bits per heavy atom. The predicted octanol–water partition coefficient (Wildman–Crippen LogP) is 7.16. The van der Waals surface area contributed by atoms with Crippen molar-refractivity contribution in [3.63, 3.8) is 0 Å². The molecule has 5 nitrogen and oxygen atoms in total. The molecule has 0 spiro atoms. The molecule has 1 aliphatic carbocycles. The zero-order valence-corrected chi connectivity index (χ0v) is 23.9. The van der Waals surface area contributed by atoms with Gasteiger partial charge in [0.15, 0.2) is 0 Å². The van der Waals surface area contributed by atoms with Crippen molar-refractivity contribution in [1.82, 2.24) is 0 Å². The summed E-state index contributed by atoms with van der Waals surface area (Å²) in [6.45, 7) is 2.77. The van der Waals surface area contributed by atoms with Crippen molar-refractivity contribution in [2.75, 3.05) is 32.8 Å². The molecule has 5 rings (SSSR count). The zero-order valence-electron chi connectivity index (χ0n) is 22.3. The van der Waals surface area contributed by atoms with E-state index < -0.39 is 0 Å². The molecule has 0 N–H and O–H groups in total. The van der Waals surface area contributed by atoms with E-state index in [2.05, 4.69) is 66.9 Å². The molecule has 0 unspecified atom stereocenters. The number of thioether (sulfide) groups is 1. The number of hydrogen-bond donors (Lipinski definition) is 0. The summed E-state index contributed by atoms with van der Waals surface area (Å²) in [7, 11) is 7.73. The molecule has 2 aromatic carbocycles. The highest BCUT2D eigenvalue weighted by Crippen LogP contribution is 2.46. The molecule has 0 amide bonds. The Morgan fingerprint density at radius 1 is 1.00 bits per heavy atom. The number of aryl methyl sites for hydroxylation is 2. The van der Waals surface area contributed by atoms with Crippen LogP contribution in [0.1, 0.15) is 37.6 Å². The van der Waals surface area contributed by atoms with Crippen molar-refractivity contribution in [2.24, 2.45) is 7.05 Å². The molecule has 3 aromatic rings. The van der Waals surface area contributed by atoms with Crippen LogP contribution in [0.25, 0.3) is 10.2 Å². The maximum absolute atomic E-state index is 6.28. The number of ether oxygens (including phenoxy) is 3. The van der Waals surface area contributed by atoms with Gasteiger partial charge in [-0.25, -0.2) is 0 Å². The second kappa shape index (κ2) is 11.2. The van der Waals surface area contributed by atoms with Gasteiger partial charge in [-0.3, -0.25) is 0 Å². The van der Waals surface area contributed by atoms with Gasteiger partial charge >= 0.3 is 0 Å². The summed E-state index contributed by atoms with van der Waals surface area (Å²) in [6, 6.07) is 12.6. The van der Waals surface area contributed by atoms with Crippen LogP contribution in [-0.4, -0.2) is 27.9 Å². The third-order valence-electron chi connectivity index (χ3n) is 7.10. The Hall–Kier alpha value is -2.90. The summed E-state index contributed by atoms with van der Waals surface area (Å²) >= 11 is 3.65. The lowest BCUT2D eigenvalue weighted by Crippen LogP contribution is -2.30. The number of rotatable bonds is 8. The summed E-state index contributed by atoms with van der Waals surface area (Å²) in [6.07, 6.45) is 9.86. The first kappa shape index (κ1) is 25.7. The molecule has 0 fully saturated rings. The molecule has 0 atom stereocenters. The van der Waals surface area contributed by atoms with Crippen LogP contribution in [0.2, 0.25) is 0 Å². The minimum atomic E-state index is 0.684. The maximum Gasteiger partial charge on any atom is 0.238 e. The van der Waals surface area contributed by atoms with Crippen LogP contribution in [0.15, 0.2) is 75.4 Å². The van der Waals surface area contributed by atoms with Crippen LogP contribution >= 0.6 is 23.1 Å². The number of aromatic nitrogens is 1. The molecule has 0 saturated heterocycles. The molecular formula is C30H35N2O3S2+. The number of allylic oxidation sites excluding steroid dienone is 4. The van der Waals surface area contributed by atoms with Crippen molar-refractivity contribution in [1.29, 1.82) is 0 Å². The molecule has 1 aromatic heterocycles. The molecule has 0 bridgehead atoms. The average Bonchev–Trinajstić information content (AvgIpc) is 3.41. The quantitative estimate of drug-likeness (QED) is 0.286. The number of nitrogens with zero attached hydrogens (tertiary/aromatic N) is 2. The van der Waals surface area contributed by atoms with Gasteiger partial charge in [-0.2, -0.15) is 4.57 Å². The van der Waals surface area contributed by atoms with Gasteiger partial charge in [0.05, 0.1) is 31.5 Å². The van der Waals surface area contributed by atoms with Crippen LogP contribution in [0.3, 0.4) is 0 Å². The Kier molecular flexibility index (Phi) is 7.81. The SMILES string of the molecule is CCOC1=C(CCc2sc3cc(OC)ccc3[n+]2C)CCC/C1=C\C=C1/Sc2cc(OC)ccc2N1C. The number of hydrogen-bond acceptors (Lipinski definition) is 6. The number of fused-ring (bicyclic) bond motifs is 2. The van der Waals surface area contributed by atoms with E-state index in [1.165, 1.54) is 42.0 Å². The Bertz CT molecular complexity index is 1400. The van der Waals surface area contributed by atoms with E-state index in [0.29, 0.717) is 6.61 Å². The Balaban J connectivity index is 1.38. The fourth-order valence-corrected chi connectivity index (χ4v) is 7.33. The van der Waals surface area contributed by atoms with Gasteiger partial charge in [0.25, 0.3) is 0 Å². The molecule has 37 heavy (non-hydrogen) atoms. The number of benzene rings is 2. The van der Waals surface area contributed by atoms with E-state index in [1.54, 1.807) is 26.0 Å². The second-order valence-corrected chi connectivity index (χ2v) is 11.5. The van der Waals surface area contributed by atoms with Crippen molar-refractivity contribution in [3.8, 4) is 11.5 Å². The van der Waals surface area contributed by atoms with Crippen LogP contribution in [0.4, 0.5) is 5.69 Å². The summed E-state index contributed by atoms with van der Waals surface area (Å²) < 4.78 is 20.7. The van der Waals surface area contributed by atoms with Crippen LogP contribution < -0.4 is 18.9 Å². The lowest BCUT2D eigenvalue weighted by Gasteiger charge is -2.23. The number of thiazole rings is 1. The first-order valence-corrected chi connectivity index (χ1v) is 14.5. The van der Waals surface area contributed by atoms with Gasteiger partial charge in [0, 0.05) is 30.5 Å². The topological polar surface area (TPSA) is 34.8 Å². The minimum absolute atomic E-state index is 0.684. The summed E-state index contributed by atoms with van der Waals surface area (Å²) in [5.74, 6) is 2.91. The molecule has 1 aliphatic heterocycles. The van der Waals surface area contributed by atoms with Crippen molar-refractivity contribution < 1.29 is 18.8 Å². The molecule has 7 heteroatoms. The molecule has 194 valence electrons. The second-order valence-electron chi connectivity index (χ2n) is 9.30. The molecule has 0 radical (unpaired) electrons. The smallest absolute Gasteiger partial charge is 0.238 e. The molecular weight excluding hydrogens is 500 g/mol. The average molecular weight is 536 g/mol. The van der Waals surface area contributed by atoms with E-state index in [-0.39, 0.29) is 0 Å². The largest absolute Gasteiger partial charge is 0.497 e. The lowest BCUT2D eigenvalue weighted by molar-refractivity contribution is -0.648. The normalized spacial score (nSPS) is 17.7. The highest BCUT2D eigenvalue weighted by atomic mass is 32.2. The van der Waals surface area contributed by atoms with Crippen molar-refractivity contribution >= 4 is 39.0 Å². The zero-order chi connectivity index (χ0) is 25.9. The van der Waals surface area contributed by atoms with E-state index in [9.17, 15) is 0 Å². The van der Waals surface area contributed by atoms with Crippen molar-refractivity contribution in [3.05, 3.63) is 75.5 Å². The third-order valence-corrected chi connectivity index (χ3v) is 9.52. The summed E-state index contributed by atoms with van der Waals surface area (Å²) in [4.78, 5) is 3.48. The van der Waals surface area contributed by atoms with E-state index in [0.717, 1.165) is 49.4 Å². The highest BCUT2D eigenvalue weighted by Gasteiger charge is 2.24. The van der Waals surface area contributed by atoms with Gasteiger partial charge < -0.3 is 19.1 Å². The summed E-state index contributed by atoms with van der Waals surface area (Å²) in [5, 5.41) is 2.59. The molecule has 2 aliphatic rings. The number of anilines is 1. The van der Waals surface area contributed by atoms with Gasteiger partial charge in [0.1, 0.15) is 29.0 Å². The lowest BCUT2D eigenvalue weighted by atomic mass is 9.90. The highest BCUT2D eigenvalue weighted by molar-refractivity contribution is 8.03. The monoisotopic (exact) mass is 535 g/mol. The van der Waals surface area contributed by atoms with E-state index in [4.69, 9.17) is 14.2 Å². The van der Waals surface area contributed by atoms with E-state index >= 15 is 0 Å². The first-order chi connectivity index (χ1) is 18.0. The third kappa shape index (κ3) is 5.25. The van der Waals surface area contributed by atoms with Crippen LogP contribution in [-0.2, 0) is 18.2 Å². The fourth-order valence-electron chi connectivity index (χ4n) is 5.07. The summed E-state index contributed by atoms with van der Waals surface area (Å²) in [5.41, 5.74) is 5.22. The van der Waals surface area contributed by atoms with Gasteiger partial charge in [-0.15, -0.1) is 0 Å².